The van der Waals surface area contributed by atoms with Gasteiger partial charge in [0.1, 0.15) is 0 Å². The van der Waals surface area contributed by atoms with Crippen molar-refractivity contribution in [1.82, 2.24) is 0 Å². The van der Waals surface area contributed by atoms with E-state index in [1.165, 1.54) is 0 Å². The van der Waals surface area contributed by atoms with Crippen LogP contribution in [0.2, 0.25) is 5.02 Å². The maximum Gasteiger partial charge on any atom is 0.162 e. The summed E-state index contributed by atoms with van der Waals surface area (Å²) in [6, 6.07) is 13.7. The third-order valence-corrected chi connectivity index (χ3v) is 3.35. The second kappa shape index (κ2) is 6.53. The summed E-state index contributed by atoms with van der Waals surface area (Å²) < 4.78 is 10.5. The number of benzene rings is 2. The van der Waals surface area contributed by atoms with Gasteiger partial charge in [-0.2, -0.15) is 0 Å². The molecule has 2 aromatic rings. The molecule has 20 heavy (non-hydrogen) atoms. The Bertz CT molecular complexity index is 586. The zero-order valence-electron chi connectivity index (χ0n) is 11.8. The third kappa shape index (κ3) is 3.36. The fraction of sp³-hybridized carbons (Fsp3) is 0.250. The van der Waals surface area contributed by atoms with Crippen molar-refractivity contribution in [3.05, 3.63) is 53.1 Å². The molecule has 0 bridgehead atoms. The maximum absolute atomic E-state index is 6.01. The summed E-state index contributed by atoms with van der Waals surface area (Å²) in [5, 5.41) is 4.16. The molecule has 106 valence electrons. The lowest BCUT2D eigenvalue weighted by atomic mass is 10.1. The fourth-order valence-corrected chi connectivity index (χ4v) is 2.23. The summed E-state index contributed by atoms with van der Waals surface area (Å²) in [5.74, 6) is 1.42. The lowest BCUT2D eigenvalue weighted by Crippen LogP contribution is -2.06. The van der Waals surface area contributed by atoms with Crippen LogP contribution in [0.15, 0.2) is 42.5 Å². The van der Waals surface area contributed by atoms with E-state index in [4.69, 9.17) is 21.1 Å². The SMILES string of the molecule is COc1ccc(NC(C)c2cccc(Cl)c2)cc1OC. The number of hydrogen-bond acceptors (Lipinski definition) is 3. The van der Waals surface area contributed by atoms with Crippen molar-refractivity contribution in [2.75, 3.05) is 19.5 Å². The van der Waals surface area contributed by atoms with E-state index in [9.17, 15) is 0 Å². The Morgan fingerprint density at radius 3 is 2.40 bits per heavy atom. The molecule has 2 rings (SSSR count). The number of anilines is 1. The molecule has 0 radical (unpaired) electrons. The van der Waals surface area contributed by atoms with E-state index in [2.05, 4.69) is 12.2 Å². The van der Waals surface area contributed by atoms with Crippen LogP contribution >= 0.6 is 11.6 Å². The highest BCUT2D eigenvalue weighted by Crippen LogP contribution is 2.31. The van der Waals surface area contributed by atoms with Crippen LogP contribution in [-0.2, 0) is 0 Å². The molecular formula is C16H18ClNO2. The molecular weight excluding hydrogens is 274 g/mol. The predicted octanol–water partition coefficient (Wildman–Crippen LogP) is 4.53. The Balaban J connectivity index is 2.17. The van der Waals surface area contributed by atoms with Crippen LogP contribution in [0, 0.1) is 0 Å². The monoisotopic (exact) mass is 291 g/mol. The smallest absolute Gasteiger partial charge is 0.162 e. The Kier molecular flexibility index (Phi) is 4.74. The average molecular weight is 292 g/mol. The minimum absolute atomic E-state index is 0.145. The molecule has 0 aliphatic rings. The van der Waals surface area contributed by atoms with E-state index in [-0.39, 0.29) is 6.04 Å². The highest BCUT2D eigenvalue weighted by atomic mass is 35.5. The summed E-state index contributed by atoms with van der Waals surface area (Å²) in [6.07, 6.45) is 0. The summed E-state index contributed by atoms with van der Waals surface area (Å²) in [6.45, 7) is 2.09. The van der Waals surface area contributed by atoms with Crippen molar-refractivity contribution in [3.8, 4) is 11.5 Å². The molecule has 2 aromatic carbocycles. The van der Waals surface area contributed by atoms with Gasteiger partial charge in [0, 0.05) is 22.8 Å². The molecule has 1 unspecified atom stereocenters. The van der Waals surface area contributed by atoms with E-state index < -0.39 is 0 Å². The minimum Gasteiger partial charge on any atom is -0.493 e. The number of nitrogens with one attached hydrogen (secondary N) is 1. The van der Waals surface area contributed by atoms with Gasteiger partial charge in [0.15, 0.2) is 11.5 Å². The molecule has 0 amide bonds. The average Bonchev–Trinajstić information content (AvgIpc) is 2.47. The Morgan fingerprint density at radius 1 is 1.00 bits per heavy atom. The zero-order valence-corrected chi connectivity index (χ0v) is 12.6. The van der Waals surface area contributed by atoms with Crippen LogP contribution in [0.5, 0.6) is 11.5 Å². The van der Waals surface area contributed by atoms with E-state index in [0.29, 0.717) is 11.5 Å². The molecule has 1 N–H and O–H groups in total. The number of hydrogen-bond donors (Lipinski definition) is 1. The van der Waals surface area contributed by atoms with Crippen molar-refractivity contribution >= 4 is 17.3 Å². The van der Waals surface area contributed by atoms with E-state index in [0.717, 1.165) is 16.3 Å². The normalized spacial score (nSPS) is 11.8. The molecule has 1 atom stereocenters. The first-order valence-electron chi connectivity index (χ1n) is 6.38. The summed E-state index contributed by atoms with van der Waals surface area (Å²) >= 11 is 6.01. The summed E-state index contributed by atoms with van der Waals surface area (Å²) in [5.41, 5.74) is 2.10. The molecule has 0 saturated carbocycles. The topological polar surface area (TPSA) is 30.5 Å². The second-order valence-corrected chi connectivity index (χ2v) is 4.93. The van der Waals surface area contributed by atoms with Gasteiger partial charge in [-0.05, 0) is 36.8 Å². The van der Waals surface area contributed by atoms with Crippen molar-refractivity contribution < 1.29 is 9.47 Å². The summed E-state index contributed by atoms with van der Waals surface area (Å²) in [7, 11) is 3.25. The molecule has 0 spiro atoms. The van der Waals surface area contributed by atoms with Crippen LogP contribution in [0.4, 0.5) is 5.69 Å². The van der Waals surface area contributed by atoms with Crippen molar-refractivity contribution in [1.29, 1.82) is 0 Å². The summed E-state index contributed by atoms with van der Waals surface area (Å²) in [4.78, 5) is 0. The van der Waals surface area contributed by atoms with Gasteiger partial charge in [0.05, 0.1) is 14.2 Å². The lowest BCUT2D eigenvalue weighted by Gasteiger charge is -2.17. The number of ether oxygens (including phenoxy) is 2. The maximum atomic E-state index is 6.01. The van der Waals surface area contributed by atoms with Gasteiger partial charge >= 0.3 is 0 Å². The lowest BCUT2D eigenvalue weighted by molar-refractivity contribution is 0.355. The molecule has 4 heteroatoms. The molecule has 0 heterocycles. The Morgan fingerprint density at radius 2 is 1.75 bits per heavy atom. The Labute approximate surface area is 124 Å². The van der Waals surface area contributed by atoms with Crippen molar-refractivity contribution in [2.24, 2.45) is 0 Å². The molecule has 0 saturated heterocycles. The van der Waals surface area contributed by atoms with Gasteiger partial charge < -0.3 is 14.8 Å². The van der Waals surface area contributed by atoms with Crippen molar-refractivity contribution in [2.45, 2.75) is 13.0 Å². The standard InChI is InChI=1S/C16H18ClNO2/c1-11(12-5-4-6-13(17)9-12)18-14-7-8-15(19-2)16(10-14)20-3/h4-11,18H,1-3H3. The quantitative estimate of drug-likeness (QED) is 0.878. The molecule has 0 fully saturated rings. The van der Waals surface area contributed by atoms with E-state index >= 15 is 0 Å². The number of rotatable bonds is 5. The van der Waals surface area contributed by atoms with Gasteiger partial charge in [0.2, 0.25) is 0 Å². The van der Waals surface area contributed by atoms with Gasteiger partial charge in [-0.1, -0.05) is 23.7 Å². The number of halogens is 1. The molecule has 3 nitrogen and oxygen atoms in total. The van der Waals surface area contributed by atoms with Gasteiger partial charge in [0.25, 0.3) is 0 Å². The Hall–Kier alpha value is -1.87. The first kappa shape index (κ1) is 14.5. The van der Waals surface area contributed by atoms with Crippen LogP contribution in [0.1, 0.15) is 18.5 Å². The van der Waals surface area contributed by atoms with E-state index in [1.807, 2.05) is 42.5 Å². The minimum atomic E-state index is 0.145. The molecule has 0 aliphatic carbocycles. The second-order valence-electron chi connectivity index (χ2n) is 4.49. The largest absolute Gasteiger partial charge is 0.493 e. The van der Waals surface area contributed by atoms with Crippen LogP contribution in [0.25, 0.3) is 0 Å². The van der Waals surface area contributed by atoms with Crippen LogP contribution in [-0.4, -0.2) is 14.2 Å². The van der Waals surface area contributed by atoms with Crippen LogP contribution in [0.3, 0.4) is 0 Å². The zero-order chi connectivity index (χ0) is 14.5. The van der Waals surface area contributed by atoms with Gasteiger partial charge in [-0.15, -0.1) is 0 Å². The van der Waals surface area contributed by atoms with E-state index in [1.54, 1.807) is 14.2 Å². The highest BCUT2D eigenvalue weighted by molar-refractivity contribution is 6.30. The van der Waals surface area contributed by atoms with Crippen LogP contribution < -0.4 is 14.8 Å². The highest BCUT2D eigenvalue weighted by Gasteiger charge is 2.08. The van der Waals surface area contributed by atoms with Crippen molar-refractivity contribution in [3.63, 3.8) is 0 Å². The first-order chi connectivity index (χ1) is 9.63. The number of methoxy groups -OCH3 is 2. The first-order valence-corrected chi connectivity index (χ1v) is 6.76. The molecule has 0 aromatic heterocycles. The molecule has 0 aliphatic heterocycles. The third-order valence-electron chi connectivity index (χ3n) is 3.12. The predicted molar refractivity (Wildman–Crippen MR) is 83.0 cm³/mol. The van der Waals surface area contributed by atoms with Gasteiger partial charge in [-0.25, -0.2) is 0 Å². The van der Waals surface area contributed by atoms with Gasteiger partial charge in [-0.3, -0.25) is 0 Å². The fourth-order valence-electron chi connectivity index (χ4n) is 2.04.